The van der Waals surface area contributed by atoms with Crippen LogP contribution < -0.4 is 15.6 Å². The first-order valence-electron chi connectivity index (χ1n) is 10.4. The third-order valence-electron chi connectivity index (χ3n) is 4.96. The van der Waals surface area contributed by atoms with E-state index in [1.54, 1.807) is 0 Å². The Morgan fingerprint density at radius 1 is 0.875 bits per heavy atom. The van der Waals surface area contributed by atoms with Crippen molar-refractivity contribution in [3.8, 4) is 5.75 Å². The maximum absolute atomic E-state index is 13.0. The van der Waals surface area contributed by atoms with Crippen molar-refractivity contribution < 1.29 is 14.3 Å². The predicted octanol–water partition coefficient (Wildman–Crippen LogP) is 5.10. The van der Waals surface area contributed by atoms with E-state index in [2.05, 4.69) is 47.6 Å². The molecule has 0 atom stereocenters. The Bertz CT molecular complexity index is 1020. The third-order valence-corrected chi connectivity index (χ3v) is 5.45. The van der Waals surface area contributed by atoms with Crippen molar-refractivity contribution in [1.82, 2.24) is 10.9 Å². The predicted molar refractivity (Wildman–Crippen MR) is 129 cm³/mol. The van der Waals surface area contributed by atoms with Gasteiger partial charge in [-0.25, -0.2) is 0 Å². The lowest BCUT2D eigenvalue weighted by molar-refractivity contribution is -0.130. The number of carbonyl (C=O) groups excluding carboxylic acids is 2. The number of halogens is 1. The van der Waals surface area contributed by atoms with E-state index in [-0.39, 0.29) is 17.9 Å². The van der Waals surface area contributed by atoms with Gasteiger partial charge in [-0.15, -0.1) is 0 Å². The smallest absolute Gasteiger partial charge is 0.276 e. The zero-order valence-corrected chi connectivity index (χ0v) is 20.0. The van der Waals surface area contributed by atoms with Crippen LogP contribution in [0.1, 0.15) is 43.4 Å². The van der Waals surface area contributed by atoms with E-state index in [9.17, 15) is 9.59 Å². The number of carbonyl (C=O) groups is 2. The van der Waals surface area contributed by atoms with Gasteiger partial charge in [-0.05, 0) is 34.7 Å². The lowest BCUT2D eigenvalue weighted by atomic mass is 9.86. The lowest BCUT2D eigenvalue weighted by Gasteiger charge is -2.23. The summed E-state index contributed by atoms with van der Waals surface area (Å²) in [6.45, 7) is 6.02. The molecule has 0 fully saturated rings. The first kappa shape index (κ1) is 23.5. The molecule has 166 valence electrons. The van der Waals surface area contributed by atoms with Crippen LogP contribution in [0.3, 0.4) is 0 Å². The van der Waals surface area contributed by atoms with E-state index in [4.69, 9.17) is 4.74 Å². The molecule has 6 heteroatoms. The largest absolute Gasteiger partial charge is 0.483 e. The summed E-state index contributed by atoms with van der Waals surface area (Å²) in [5.41, 5.74) is 7.52. The van der Waals surface area contributed by atoms with E-state index < -0.39 is 11.8 Å². The van der Waals surface area contributed by atoms with Gasteiger partial charge in [0.15, 0.2) is 6.61 Å². The molecule has 3 aromatic carbocycles. The minimum atomic E-state index is -0.544. The molecule has 2 N–H and O–H groups in total. The summed E-state index contributed by atoms with van der Waals surface area (Å²) >= 11 is 3.48. The van der Waals surface area contributed by atoms with Gasteiger partial charge in [0.2, 0.25) is 5.91 Å². The summed E-state index contributed by atoms with van der Waals surface area (Å²) in [7, 11) is 0. The lowest BCUT2D eigenvalue weighted by Crippen LogP contribution is -2.46. The summed E-state index contributed by atoms with van der Waals surface area (Å²) in [5, 5.41) is 0. The Morgan fingerprint density at radius 3 is 1.97 bits per heavy atom. The van der Waals surface area contributed by atoms with Gasteiger partial charge in [0.1, 0.15) is 5.75 Å². The van der Waals surface area contributed by atoms with E-state index in [0.717, 1.165) is 21.2 Å². The van der Waals surface area contributed by atoms with Crippen LogP contribution in [0.25, 0.3) is 0 Å². The number of hydrogen-bond acceptors (Lipinski definition) is 3. The quantitative estimate of drug-likeness (QED) is 0.468. The van der Waals surface area contributed by atoms with Gasteiger partial charge in [0.05, 0.1) is 5.92 Å². The third kappa shape index (κ3) is 6.20. The van der Waals surface area contributed by atoms with Crippen molar-refractivity contribution in [2.75, 3.05) is 6.61 Å². The molecular formula is C26H27BrN2O3. The van der Waals surface area contributed by atoms with Gasteiger partial charge in [0.25, 0.3) is 5.91 Å². The van der Waals surface area contributed by atoms with Crippen LogP contribution in [0.15, 0.2) is 83.3 Å². The van der Waals surface area contributed by atoms with Gasteiger partial charge in [-0.3, -0.25) is 20.4 Å². The van der Waals surface area contributed by atoms with Crippen molar-refractivity contribution in [1.29, 1.82) is 0 Å². The highest BCUT2D eigenvalue weighted by molar-refractivity contribution is 9.10. The Hall–Kier alpha value is -3.12. The molecule has 3 rings (SSSR count). The van der Waals surface area contributed by atoms with Crippen LogP contribution in [0.4, 0.5) is 0 Å². The van der Waals surface area contributed by atoms with Gasteiger partial charge in [-0.1, -0.05) is 97.4 Å². The molecule has 0 saturated carbocycles. The Labute approximate surface area is 197 Å². The Kier molecular flexibility index (Phi) is 7.70. The Morgan fingerprint density at radius 2 is 1.44 bits per heavy atom. The second kappa shape index (κ2) is 10.5. The molecule has 0 aliphatic rings. The minimum Gasteiger partial charge on any atom is -0.483 e. The van der Waals surface area contributed by atoms with E-state index >= 15 is 0 Å². The first-order chi connectivity index (χ1) is 15.3. The number of hydrogen-bond donors (Lipinski definition) is 2. The highest BCUT2D eigenvalue weighted by atomic mass is 79.9. The average Bonchev–Trinajstić information content (AvgIpc) is 2.78. The molecule has 0 aliphatic carbocycles. The summed E-state index contributed by atoms with van der Waals surface area (Å²) < 4.78 is 6.70. The number of hydrazine groups is 1. The molecule has 0 unspecified atom stereocenters. The van der Waals surface area contributed by atoms with E-state index in [1.165, 1.54) is 0 Å². The van der Waals surface area contributed by atoms with Crippen LogP contribution in [0.2, 0.25) is 0 Å². The number of ether oxygens (including phenoxy) is 1. The van der Waals surface area contributed by atoms with Crippen LogP contribution >= 0.6 is 15.9 Å². The van der Waals surface area contributed by atoms with Gasteiger partial charge in [-0.2, -0.15) is 0 Å². The van der Waals surface area contributed by atoms with Gasteiger partial charge < -0.3 is 4.74 Å². The second-order valence-corrected chi connectivity index (χ2v) is 9.39. The maximum Gasteiger partial charge on any atom is 0.276 e. The molecule has 5 nitrogen and oxygen atoms in total. The minimum absolute atomic E-state index is 0.150. The molecule has 3 aromatic rings. The summed E-state index contributed by atoms with van der Waals surface area (Å²) in [5.74, 6) is -0.679. The Balaban J connectivity index is 1.65. The highest BCUT2D eigenvalue weighted by Gasteiger charge is 2.23. The molecule has 0 radical (unpaired) electrons. The fourth-order valence-corrected chi connectivity index (χ4v) is 3.74. The zero-order valence-electron chi connectivity index (χ0n) is 18.4. The molecule has 0 aromatic heterocycles. The summed E-state index contributed by atoms with van der Waals surface area (Å²) in [6.07, 6.45) is 0. The normalized spacial score (nSPS) is 11.2. The van der Waals surface area contributed by atoms with Crippen LogP contribution in [-0.4, -0.2) is 18.4 Å². The van der Waals surface area contributed by atoms with Crippen molar-refractivity contribution in [3.05, 3.63) is 100 Å². The molecule has 0 bridgehead atoms. The fourth-order valence-electron chi connectivity index (χ4n) is 3.38. The van der Waals surface area contributed by atoms with Crippen molar-refractivity contribution >= 4 is 27.7 Å². The topological polar surface area (TPSA) is 67.4 Å². The maximum atomic E-state index is 13.0. The molecule has 2 amide bonds. The van der Waals surface area contributed by atoms with Gasteiger partial charge >= 0.3 is 0 Å². The summed E-state index contributed by atoms with van der Waals surface area (Å²) in [4.78, 5) is 25.4. The van der Waals surface area contributed by atoms with Crippen molar-refractivity contribution in [2.24, 2.45) is 0 Å². The molecule has 0 aliphatic heterocycles. The van der Waals surface area contributed by atoms with Gasteiger partial charge in [0, 0.05) is 10.0 Å². The molecule has 32 heavy (non-hydrogen) atoms. The molecule has 0 saturated heterocycles. The number of rotatable bonds is 6. The molecular weight excluding hydrogens is 468 g/mol. The monoisotopic (exact) mass is 494 g/mol. The molecule has 0 spiro atoms. The van der Waals surface area contributed by atoms with E-state index in [0.29, 0.717) is 5.75 Å². The zero-order chi connectivity index (χ0) is 23.1. The fraction of sp³-hybridized carbons (Fsp3) is 0.231. The molecule has 0 heterocycles. The number of nitrogens with one attached hydrogen (secondary N) is 2. The number of benzene rings is 3. The standard InChI is InChI=1S/C26H27BrN2O3/c1-26(2,3)21-16-20(27)14-15-22(21)32-17-23(30)28-29-25(31)24(18-10-6-4-7-11-18)19-12-8-5-9-13-19/h4-16,24H,17H2,1-3H3,(H,28,30)(H,29,31). The van der Waals surface area contributed by atoms with Crippen molar-refractivity contribution in [2.45, 2.75) is 32.1 Å². The van der Waals surface area contributed by atoms with Crippen LogP contribution in [0.5, 0.6) is 5.75 Å². The van der Waals surface area contributed by atoms with Crippen LogP contribution in [-0.2, 0) is 15.0 Å². The van der Waals surface area contributed by atoms with Crippen LogP contribution in [0, 0.1) is 0 Å². The second-order valence-electron chi connectivity index (χ2n) is 8.47. The average molecular weight is 495 g/mol. The van der Waals surface area contributed by atoms with Crippen molar-refractivity contribution in [3.63, 3.8) is 0 Å². The SMILES string of the molecule is CC(C)(C)c1cc(Br)ccc1OCC(=O)NNC(=O)C(c1ccccc1)c1ccccc1. The van der Waals surface area contributed by atoms with E-state index in [1.807, 2.05) is 78.9 Å². The number of amides is 2. The summed E-state index contributed by atoms with van der Waals surface area (Å²) in [6, 6.07) is 24.6. The highest BCUT2D eigenvalue weighted by Crippen LogP contribution is 2.33. The first-order valence-corrected chi connectivity index (χ1v) is 11.2.